The van der Waals surface area contributed by atoms with Crippen LogP contribution in [0.2, 0.25) is 0 Å². The van der Waals surface area contributed by atoms with Crippen LogP contribution in [0.1, 0.15) is 32.1 Å². The molecule has 0 spiro atoms. The van der Waals surface area contributed by atoms with Crippen LogP contribution in [0.25, 0.3) is 0 Å². The third-order valence-corrected chi connectivity index (χ3v) is 3.69. The number of nitrogens with two attached hydrogens (primary N) is 1. The third-order valence-electron chi connectivity index (χ3n) is 3.69. The number of hydrogen-bond donors (Lipinski definition) is 3. The SMILES string of the molecule is Nc1nccc(N=C2CC(C3CCCC3)NN2)n1. The highest BCUT2D eigenvalue weighted by Crippen LogP contribution is 2.30. The molecule has 4 N–H and O–H groups in total. The number of nitrogen functional groups attached to an aromatic ring is 1. The molecule has 6 nitrogen and oxygen atoms in total. The van der Waals surface area contributed by atoms with Crippen molar-refractivity contribution in [3.8, 4) is 0 Å². The summed E-state index contributed by atoms with van der Waals surface area (Å²) >= 11 is 0. The van der Waals surface area contributed by atoms with Gasteiger partial charge in [-0.15, -0.1) is 0 Å². The minimum Gasteiger partial charge on any atom is -0.368 e. The van der Waals surface area contributed by atoms with Crippen molar-refractivity contribution in [3.63, 3.8) is 0 Å². The van der Waals surface area contributed by atoms with Crippen molar-refractivity contribution in [2.75, 3.05) is 5.73 Å². The zero-order chi connectivity index (χ0) is 12.4. The van der Waals surface area contributed by atoms with Gasteiger partial charge in [-0.2, -0.15) is 4.98 Å². The van der Waals surface area contributed by atoms with Gasteiger partial charge in [0, 0.05) is 24.7 Å². The van der Waals surface area contributed by atoms with Gasteiger partial charge in [-0.3, -0.25) is 0 Å². The first-order valence-electron chi connectivity index (χ1n) is 6.49. The standard InChI is InChI=1S/C12H18N6/c13-12-14-6-5-10(16-12)15-11-7-9(17-18-11)8-3-1-2-4-8/h5-6,8-9,17H,1-4,7H2,(H3,13,14,15,16,18). The molecular weight excluding hydrogens is 228 g/mol. The average Bonchev–Trinajstić information content (AvgIpc) is 2.98. The number of aromatic nitrogens is 2. The first kappa shape index (κ1) is 11.4. The average molecular weight is 246 g/mol. The summed E-state index contributed by atoms with van der Waals surface area (Å²) in [6.07, 6.45) is 7.93. The monoisotopic (exact) mass is 246 g/mol. The Morgan fingerprint density at radius 1 is 1.33 bits per heavy atom. The molecule has 1 unspecified atom stereocenters. The lowest BCUT2D eigenvalue weighted by Crippen LogP contribution is -2.35. The van der Waals surface area contributed by atoms with Crippen molar-refractivity contribution >= 4 is 17.6 Å². The summed E-state index contributed by atoms with van der Waals surface area (Å²) in [5.74, 6) is 2.58. The Bertz CT molecular complexity index is 452. The maximum Gasteiger partial charge on any atom is 0.221 e. The smallest absolute Gasteiger partial charge is 0.221 e. The molecule has 2 fully saturated rings. The van der Waals surface area contributed by atoms with Crippen molar-refractivity contribution in [2.45, 2.75) is 38.1 Å². The first-order valence-corrected chi connectivity index (χ1v) is 6.49. The summed E-state index contributed by atoms with van der Waals surface area (Å²) in [4.78, 5) is 12.4. The van der Waals surface area contributed by atoms with E-state index in [1.807, 2.05) is 0 Å². The molecule has 3 rings (SSSR count). The van der Waals surface area contributed by atoms with E-state index in [4.69, 9.17) is 5.73 Å². The van der Waals surface area contributed by atoms with E-state index < -0.39 is 0 Å². The number of rotatable bonds is 2. The van der Waals surface area contributed by atoms with Crippen LogP contribution in [0.4, 0.5) is 11.8 Å². The third kappa shape index (κ3) is 2.43. The van der Waals surface area contributed by atoms with E-state index in [2.05, 4.69) is 25.8 Å². The normalized spacial score (nSPS) is 26.7. The van der Waals surface area contributed by atoms with Crippen LogP contribution in [0, 0.1) is 5.92 Å². The molecule has 0 aromatic carbocycles. The second-order valence-electron chi connectivity index (χ2n) is 4.96. The number of aliphatic imine (C=N–C) groups is 1. The maximum absolute atomic E-state index is 5.53. The largest absolute Gasteiger partial charge is 0.368 e. The van der Waals surface area contributed by atoms with E-state index in [1.165, 1.54) is 25.7 Å². The number of hydrogen-bond acceptors (Lipinski definition) is 5. The fourth-order valence-corrected chi connectivity index (χ4v) is 2.77. The van der Waals surface area contributed by atoms with Gasteiger partial charge < -0.3 is 11.2 Å². The lowest BCUT2D eigenvalue weighted by atomic mass is 9.97. The van der Waals surface area contributed by atoms with E-state index in [0.29, 0.717) is 11.9 Å². The van der Waals surface area contributed by atoms with E-state index in [9.17, 15) is 0 Å². The minimum atomic E-state index is 0.259. The fraction of sp³-hybridized carbons (Fsp3) is 0.583. The van der Waals surface area contributed by atoms with Gasteiger partial charge in [-0.1, -0.05) is 12.8 Å². The van der Waals surface area contributed by atoms with E-state index in [0.717, 1.165) is 18.2 Å². The van der Waals surface area contributed by atoms with Gasteiger partial charge in [0.2, 0.25) is 5.95 Å². The summed E-state index contributed by atoms with van der Waals surface area (Å²) in [5.41, 5.74) is 12.0. The van der Waals surface area contributed by atoms with Gasteiger partial charge in [0.05, 0.1) is 0 Å². The summed E-state index contributed by atoms with van der Waals surface area (Å²) in [6.45, 7) is 0. The van der Waals surface area contributed by atoms with Crippen LogP contribution in [-0.2, 0) is 0 Å². The van der Waals surface area contributed by atoms with Crippen LogP contribution >= 0.6 is 0 Å². The Labute approximate surface area is 106 Å². The molecule has 96 valence electrons. The Balaban J connectivity index is 1.67. The maximum atomic E-state index is 5.53. The number of nitrogens with zero attached hydrogens (tertiary/aromatic N) is 3. The summed E-state index contributed by atoms with van der Waals surface area (Å²) in [7, 11) is 0. The summed E-state index contributed by atoms with van der Waals surface area (Å²) in [5, 5.41) is 0. The molecule has 1 atom stereocenters. The summed E-state index contributed by atoms with van der Waals surface area (Å²) < 4.78 is 0. The van der Waals surface area contributed by atoms with Gasteiger partial charge >= 0.3 is 0 Å². The van der Waals surface area contributed by atoms with Gasteiger partial charge in [-0.05, 0) is 18.8 Å². The van der Waals surface area contributed by atoms with Crippen molar-refractivity contribution < 1.29 is 0 Å². The molecule has 1 aliphatic heterocycles. The van der Waals surface area contributed by atoms with Crippen molar-refractivity contribution in [2.24, 2.45) is 10.9 Å². The van der Waals surface area contributed by atoms with E-state index in [1.54, 1.807) is 12.3 Å². The predicted octanol–water partition coefficient (Wildman–Crippen LogP) is 1.15. The Morgan fingerprint density at radius 3 is 2.94 bits per heavy atom. The molecule has 0 amide bonds. The predicted molar refractivity (Wildman–Crippen MR) is 70.2 cm³/mol. The Hall–Kier alpha value is -1.69. The molecule has 6 heteroatoms. The zero-order valence-corrected chi connectivity index (χ0v) is 10.3. The molecule has 2 aliphatic rings. The quantitative estimate of drug-likeness (QED) is 0.728. The molecule has 1 saturated carbocycles. The molecular formula is C12H18N6. The second kappa shape index (κ2) is 4.89. The molecule has 1 aliphatic carbocycles. The number of amidine groups is 1. The fourth-order valence-electron chi connectivity index (χ4n) is 2.77. The molecule has 18 heavy (non-hydrogen) atoms. The lowest BCUT2D eigenvalue weighted by Gasteiger charge is -2.15. The number of anilines is 1. The highest BCUT2D eigenvalue weighted by molar-refractivity contribution is 5.86. The van der Waals surface area contributed by atoms with Crippen molar-refractivity contribution in [3.05, 3.63) is 12.3 Å². The molecule has 1 aromatic rings. The Kier molecular flexibility index (Phi) is 3.10. The zero-order valence-electron chi connectivity index (χ0n) is 10.3. The second-order valence-corrected chi connectivity index (χ2v) is 4.96. The van der Waals surface area contributed by atoms with Crippen LogP contribution in [0.3, 0.4) is 0 Å². The molecule has 0 bridgehead atoms. The van der Waals surface area contributed by atoms with Gasteiger partial charge in [0.25, 0.3) is 0 Å². The van der Waals surface area contributed by atoms with Gasteiger partial charge in [-0.25, -0.2) is 15.4 Å². The lowest BCUT2D eigenvalue weighted by molar-refractivity contribution is 0.384. The minimum absolute atomic E-state index is 0.259. The van der Waals surface area contributed by atoms with Gasteiger partial charge in [0.15, 0.2) is 5.82 Å². The van der Waals surface area contributed by atoms with Crippen molar-refractivity contribution in [1.29, 1.82) is 0 Å². The highest BCUT2D eigenvalue weighted by atomic mass is 15.4. The number of nitrogens with one attached hydrogen (secondary N) is 2. The van der Waals surface area contributed by atoms with E-state index >= 15 is 0 Å². The molecule has 0 radical (unpaired) electrons. The van der Waals surface area contributed by atoms with Crippen LogP contribution in [0.15, 0.2) is 17.3 Å². The molecule has 1 aromatic heterocycles. The van der Waals surface area contributed by atoms with Crippen molar-refractivity contribution in [1.82, 2.24) is 20.8 Å². The number of hydrazine groups is 1. The summed E-state index contributed by atoms with van der Waals surface area (Å²) in [6, 6.07) is 2.26. The molecule has 2 heterocycles. The topological polar surface area (TPSA) is 88.2 Å². The van der Waals surface area contributed by atoms with Crippen LogP contribution in [-0.4, -0.2) is 21.8 Å². The molecule has 1 saturated heterocycles. The van der Waals surface area contributed by atoms with Crippen LogP contribution in [0.5, 0.6) is 0 Å². The Morgan fingerprint density at radius 2 is 2.17 bits per heavy atom. The van der Waals surface area contributed by atoms with E-state index in [-0.39, 0.29) is 5.95 Å². The van der Waals surface area contributed by atoms with Gasteiger partial charge in [0.1, 0.15) is 5.84 Å². The first-order chi connectivity index (χ1) is 8.81. The van der Waals surface area contributed by atoms with Crippen LogP contribution < -0.4 is 16.6 Å². The highest BCUT2D eigenvalue weighted by Gasteiger charge is 2.29.